The summed E-state index contributed by atoms with van der Waals surface area (Å²) in [6.45, 7) is 4.78. The van der Waals surface area contributed by atoms with Gasteiger partial charge < -0.3 is 9.47 Å². The summed E-state index contributed by atoms with van der Waals surface area (Å²) in [6.07, 6.45) is 1.69. The standard InChI is InChI=1S/C27H24FNO4S/c1-3-32-24-14-20(9-12-23(24)33-17-19-7-10-22(28)11-8-19)15-25-26(30)29(27(31)34-25)16-21-6-4-5-18(2)13-21/h4-15H,3,16-17H2,1-2H3/b25-15-. The van der Waals surface area contributed by atoms with Gasteiger partial charge in [0, 0.05) is 0 Å². The van der Waals surface area contributed by atoms with Crippen molar-refractivity contribution in [2.45, 2.75) is 27.0 Å². The minimum absolute atomic E-state index is 0.240. The molecule has 1 aliphatic heterocycles. The maximum atomic E-state index is 13.1. The monoisotopic (exact) mass is 477 g/mol. The van der Waals surface area contributed by atoms with Gasteiger partial charge in [0.1, 0.15) is 12.4 Å². The summed E-state index contributed by atoms with van der Waals surface area (Å²) in [5.74, 6) is 0.450. The molecule has 4 rings (SSSR count). The lowest BCUT2D eigenvalue weighted by Gasteiger charge is -2.13. The van der Waals surface area contributed by atoms with Gasteiger partial charge in [0.25, 0.3) is 11.1 Å². The fourth-order valence-corrected chi connectivity index (χ4v) is 4.36. The van der Waals surface area contributed by atoms with Crippen LogP contribution in [0.15, 0.2) is 71.6 Å². The summed E-state index contributed by atoms with van der Waals surface area (Å²) in [5.41, 5.74) is 3.53. The molecule has 0 aromatic heterocycles. The third-order valence-corrected chi connectivity index (χ3v) is 6.08. The number of ether oxygens (including phenoxy) is 2. The lowest BCUT2D eigenvalue weighted by molar-refractivity contribution is -0.123. The van der Waals surface area contributed by atoms with Crippen LogP contribution >= 0.6 is 11.8 Å². The van der Waals surface area contributed by atoms with Crippen molar-refractivity contribution >= 4 is 29.0 Å². The number of rotatable bonds is 8. The molecule has 34 heavy (non-hydrogen) atoms. The van der Waals surface area contributed by atoms with Crippen molar-refractivity contribution in [2.24, 2.45) is 0 Å². The van der Waals surface area contributed by atoms with E-state index in [0.29, 0.717) is 23.0 Å². The molecular formula is C27H24FNO4S. The van der Waals surface area contributed by atoms with Crippen LogP contribution in [-0.4, -0.2) is 22.7 Å². The number of carbonyl (C=O) groups is 2. The maximum Gasteiger partial charge on any atom is 0.293 e. The molecule has 0 saturated carbocycles. The fourth-order valence-electron chi connectivity index (χ4n) is 3.52. The van der Waals surface area contributed by atoms with E-state index in [1.165, 1.54) is 17.0 Å². The number of imide groups is 1. The molecule has 5 nitrogen and oxygen atoms in total. The van der Waals surface area contributed by atoms with E-state index < -0.39 is 0 Å². The Hall–Kier alpha value is -3.58. The van der Waals surface area contributed by atoms with E-state index in [0.717, 1.165) is 34.0 Å². The molecule has 1 fully saturated rings. The summed E-state index contributed by atoms with van der Waals surface area (Å²) in [5, 5.41) is -0.290. The van der Waals surface area contributed by atoms with Gasteiger partial charge in [-0.25, -0.2) is 4.39 Å². The Morgan fingerprint density at radius 3 is 2.47 bits per heavy atom. The quantitative estimate of drug-likeness (QED) is 0.354. The van der Waals surface area contributed by atoms with Gasteiger partial charge in [0.15, 0.2) is 11.5 Å². The number of amides is 2. The van der Waals surface area contributed by atoms with E-state index in [-0.39, 0.29) is 30.1 Å². The van der Waals surface area contributed by atoms with Crippen LogP contribution in [0.1, 0.15) is 29.2 Å². The Morgan fingerprint density at radius 2 is 1.74 bits per heavy atom. The zero-order valence-corrected chi connectivity index (χ0v) is 19.7. The van der Waals surface area contributed by atoms with Crippen LogP contribution in [0.5, 0.6) is 11.5 Å². The van der Waals surface area contributed by atoms with Crippen LogP contribution < -0.4 is 9.47 Å². The third-order valence-electron chi connectivity index (χ3n) is 5.17. The molecule has 0 radical (unpaired) electrons. The van der Waals surface area contributed by atoms with Crippen LogP contribution in [0.3, 0.4) is 0 Å². The Kier molecular flexibility index (Phi) is 7.33. The average molecular weight is 478 g/mol. The third kappa shape index (κ3) is 5.66. The van der Waals surface area contributed by atoms with E-state index in [1.807, 2.05) is 38.1 Å². The van der Waals surface area contributed by atoms with Crippen LogP contribution in [0.2, 0.25) is 0 Å². The number of carbonyl (C=O) groups excluding carboxylic acids is 2. The molecule has 1 aliphatic rings. The van der Waals surface area contributed by atoms with Crippen molar-refractivity contribution < 1.29 is 23.5 Å². The molecule has 0 unspecified atom stereocenters. The zero-order chi connectivity index (χ0) is 24.1. The molecule has 3 aromatic carbocycles. The fraction of sp³-hybridized carbons (Fsp3) is 0.185. The highest BCUT2D eigenvalue weighted by molar-refractivity contribution is 8.18. The second-order valence-corrected chi connectivity index (χ2v) is 8.80. The molecule has 1 heterocycles. The number of hydrogen-bond acceptors (Lipinski definition) is 5. The Balaban J connectivity index is 1.50. The van der Waals surface area contributed by atoms with Crippen molar-refractivity contribution in [3.63, 3.8) is 0 Å². The molecule has 2 amide bonds. The van der Waals surface area contributed by atoms with E-state index in [2.05, 4.69) is 0 Å². The number of aryl methyl sites for hydroxylation is 1. The first-order chi connectivity index (χ1) is 16.4. The number of thioether (sulfide) groups is 1. The van der Waals surface area contributed by atoms with E-state index in [1.54, 1.807) is 36.4 Å². The number of nitrogens with zero attached hydrogens (tertiary/aromatic N) is 1. The molecular weight excluding hydrogens is 453 g/mol. The number of benzene rings is 3. The SMILES string of the molecule is CCOc1cc(/C=C2\SC(=O)N(Cc3cccc(C)c3)C2=O)ccc1OCc1ccc(F)cc1. The second-order valence-electron chi connectivity index (χ2n) is 7.81. The van der Waals surface area contributed by atoms with Gasteiger partial charge in [-0.05, 0) is 72.6 Å². The summed E-state index contributed by atoms with van der Waals surface area (Å²) in [4.78, 5) is 27.0. The molecule has 0 N–H and O–H groups in total. The molecule has 0 atom stereocenters. The molecule has 0 bridgehead atoms. The van der Waals surface area contributed by atoms with Crippen LogP contribution in [-0.2, 0) is 17.9 Å². The summed E-state index contributed by atoms with van der Waals surface area (Å²) >= 11 is 0.928. The number of hydrogen-bond donors (Lipinski definition) is 0. The van der Waals surface area contributed by atoms with Crippen LogP contribution in [0, 0.1) is 12.7 Å². The first-order valence-electron chi connectivity index (χ1n) is 10.9. The van der Waals surface area contributed by atoms with E-state index in [4.69, 9.17) is 9.47 Å². The molecule has 0 spiro atoms. The van der Waals surface area contributed by atoms with Crippen LogP contribution in [0.25, 0.3) is 6.08 Å². The summed E-state index contributed by atoms with van der Waals surface area (Å²) in [6, 6.07) is 19.2. The molecule has 3 aromatic rings. The smallest absolute Gasteiger partial charge is 0.293 e. The highest BCUT2D eigenvalue weighted by atomic mass is 32.2. The second kappa shape index (κ2) is 10.6. The Bertz CT molecular complexity index is 1240. The molecule has 7 heteroatoms. The van der Waals surface area contributed by atoms with E-state index in [9.17, 15) is 14.0 Å². The predicted octanol–water partition coefficient (Wildman–Crippen LogP) is 6.35. The number of halogens is 1. The van der Waals surface area contributed by atoms with Gasteiger partial charge in [-0.3, -0.25) is 14.5 Å². The average Bonchev–Trinajstić information content (AvgIpc) is 3.07. The van der Waals surface area contributed by atoms with Crippen LogP contribution in [0.4, 0.5) is 9.18 Å². The van der Waals surface area contributed by atoms with Crippen molar-refractivity contribution in [1.82, 2.24) is 4.90 Å². The van der Waals surface area contributed by atoms with Crippen molar-refractivity contribution in [2.75, 3.05) is 6.61 Å². The lowest BCUT2D eigenvalue weighted by atomic mass is 10.1. The van der Waals surface area contributed by atoms with Gasteiger partial charge in [0.2, 0.25) is 0 Å². The normalized spacial score (nSPS) is 14.7. The molecule has 174 valence electrons. The van der Waals surface area contributed by atoms with Crippen molar-refractivity contribution in [3.8, 4) is 11.5 Å². The van der Waals surface area contributed by atoms with Gasteiger partial charge in [-0.15, -0.1) is 0 Å². The summed E-state index contributed by atoms with van der Waals surface area (Å²) in [7, 11) is 0. The zero-order valence-electron chi connectivity index (χ0n) is 18.9. The predicted molar refractivity (Wildman–Crippen MR) is 131 cm³/mol. The van der Waals surface area contributed by atoms with Gasteiger partial charge in [-0.1, -0.05) is 48.0 Å². The maximum absolute atomic E-state index is 13.1. The first kappa shape index (κ1) is 23.6. The van der Waals surface area contributed by atoms with Crippen molar-refractivity contribution in [3.05, 3.63) is 99.7 Å². The Morgan fingerprint density at radius 1 is 0.941 bits per heavy atom. The van der Waals surface area contributed by atoms with Gasteiger partial charge in [0.05, 0.1) is 18.1 Å². The minimum Gasteiger partial charge on any atom is -0.490 e. The summed E-state index contributed by atoms with van der Waals surface area (Å²) < 4.78 is 24.7. The largest absolute Gasteiger partial charge is 0.490 e. The topological polar surface area (TPSA) is 55.8 Å². The highest BCUT2D eigenvalue weighted by Crippen LogP contribution is 2.35. The first-order valence-corrected chi connectivity index (χ1v) is 11.7. The highest BCUT2D eigenvalue weighted by Gasteiger charge is 2.35. The molecule has 1 saturated heterocycles. The van der Waals surface area contributed by atoms with Gasteiger partial charge >= 0.3 is 0 Å². The minimum atomic E-state index is -0.314. The lowest BCUT2D eigenvalue weighted by Crippen LogP contribution is -2.27. The van der Waals surface area contributed by atoms with Crippen molar-refractivity contribution in [1.29, 1.82) is 0 Å². The van der Waals surface area contributed by atoms with E-state index >= 15 is 0 Å². The molecule has 0 aliphatic carbocycles. The Labute approximate surface area is 202 Å². The van der Waals surface area contributed by atoms with Gasteiger partial charge in [-0.2, -0.15) is 0 Å².